The number of rotatable bonds is 2. The maximum Gasteiger partial charge on any atom is 0.265 e. The van der Waals surface area contributed by atoms with Crippen molar-refractivity contribution in [3.63, 3.8) is 0 Å². The second kappa shape index (κ2) is 7.13. The number of fused-ring (bicyclic) bond motifs is 2. The fourth-order valence-corrected chi connectivity index (χ4v) is 3.28. The van der Waals surface area contributed by atoms with Crippen LogP contribution in [0.4, 0.5) is 10.1 Å². The van der Waals surface area contributed by atoms with Crippen LogP contribution in [0.3, 0.4) is 0 Å². The highest BCUT2D eigenvalue weighted by atomic mass is 35.5. The third kappa shape index (κ3) is 3.11. The maximum atomic E-state index is 14.8. The summed E-state index contributed by atoms with van der Waals surface area (Å²) < 4.78 is 21.5. The molecule has 3 heterocycles. The number of nitrogens with one attached hydrogen (secondary N) is 2. The van der Waals surface area contributed by atoms with Gasteiger partial charge in [-0.25, -0.2) is 9.37 Å². The zero-order chi connectivity index (χ0) is 18.4. The first-order valence-corrected chi connectivity index (χ1v) is 8.24. The van der Waals surface area contributed by atoms with Gasteiger partial charge in [-0.05, 0) is 37.1 Å². The highest BCUT2D eigenvalue weighted by molar-refractivity contribution is 6.12. The quantitative estimate of drug-likeness (QED) is 0.698. The van der Waals surface area contributed by atoms with Crippen LogP contribution >= 0.6 is 12.4 Å². The van der Waals surface area contributed by atoms with Gasteiger partial charge in [-0.2, -0.15) is 0 Å². The SMILES string of the molecule is Cc1oc2ncn(C)c(=O)c2c1C(=O)Nc1ccc2c(c1F)CCNC2.Cl. The van der Waals surface area contributed by atoms with E-state index in [1.54, 1.807) is 13.0 Å². The molecule has 142 valence electrons. The molecule has 27 heavy (non-hydrogen) atoms. The highest BCUT2D eigenvalue weighted by Gasteiger charge is 2.24. The summed E-state index contributed by atoms with van der Waals surface area (Å²) in [6, 6.07) is 3.33. The number of halogens is 2. The summed E-state index contributed by atoms with van der Waals surface area (Å²) in [7, 11) is 1.54. The minimum atomic E-state index is -0.598. The Bertz CT molecular complexity index is 1110. The van der Waals surface area contributed by atoms with E-state index >= 15 is 0 Å². The van der Waals surface area contributed by atoms with Gasteiger partial charge >= 0.3 is 0 Å². The van der Waals surface area contributed by atoms with E-state index in [9.17, 15) is 14.0 Å². The summed E-state index contributed by atoms with van der Waals surface area (Å²) in [4.78, 5) is 29.2. The lowest BCUT2D eigenvalue weighted by molar-refractivity contribution is 0.102. The van der Waals surface area contributed by atoms with Crippen molar-refractivity contribution >= 4 is 35.1 Å². The molecule has 0 atom stereocenters. The van der Waals surface area contributed by atoms with Gasteiger partial charge < -0.3 is 19.6 Å². The molecule has 2 aromatic heterocycles. The molecule has 0 unspecified atom stereocenters. The molecule has 1 aliphatic heterocycles. The van der Waals surface area contributed by atoms with Gasteiger partial charge in [0.05, 0.1) is 11.3 Å². The van der Waals surface area contributed by atoms with Crippen molar-refractivity contribution in [1.29, 1.82) is 0 Å². The Labute approximate surface area is 160 Å². The second-order valence-corrected chi connectivity index (χ2v) is 6.32. The highest BCUT2D eigenvalue weighted by Crippen LogP contribution is 2.27. The average Bonchev–Trinajstić information content (AvgIpc) is 2.98. The Hall–Kier alpha value is -2.71. The van der Waals surface area contributed by atoms with E-state index in [2.05, 4.69) is 15.6 Å². The van der Waals surface area contributed by atoms with Gasteiger partial charge in [0.15, 0.2) is 0 Å². The molecule has 1 amide bonds. The van der Waals surface area contributed by atoms with Crippen LogP contribution in [0.25, 0.3) is 11.1 Å². The largest absolute Gasteiger partial charge is 0.442 e. The Morgan fingerprint density at radius 2 is 2.19 bits per heavy atom. The number of nitrogens with zero attached hydrogens (tertiary/aromatic N) is 2. The predicted octanol–water partition coefficient (Wildman–Crippen LogP) is 2.29. The summed E-state index contributed by atoms with van der Waals surface area (Å²) in [5, 5.41) is 5.84. The lowest BCUT2D eigenvalue weighted by Crippen LogP contribution is -2.25. The van der Waals surface area contributed by atoms with E-state index in [1.165, 1.54) is 24.0 Å². The van der Waals surface area contributed by atoms with E-state index in [-0.39, 0.29) is 40.5 Å². The van der Waals surface area contributed by atoms with Crippen molar-refractivity contribution in [2.24, 2.45) is 7.05 Å². The molecule has 1 aliphatic rings. The summed E-state index contributed by atoms with van der Waals surface area (Å²) in [6.45, 7) is 2.87. The van der Waals surface area contributed by atoms with Gasteiger partial charge in [0.1, 0.15) is 23.3 Å². The number of amides is 1. The van der Waals surface area contributed by atoms with E-state index in [1.807, 2.05) is 0 Å². The number of aromatic nitrogens is 2. The number of benzene rings is 1. The molecular weight excluding hydrogens is 375 g/mol. The molecule has 2 N–H and O–H groups in total. The number of furan rings is 1. The van der Waals surface area contributed by atoms with Gasteiger partial charge in [0, 0.05) is 13.6 Å². The number of hydrogen-bond acceptors (Lipinski definition) is 5. The van der Waals surface area contributed by atoms with E-state index in [0.29, 0.717) is 25.1 Å². The number of carbonyl (C=O) groups excluding carboxylic acids is 1. The third-order valence-corrected chi connectivity index (χ3v) is 4.63. The molecule has 0 saturated carbocycles. The summed E-state index contributed by atoms with van der Waals surface area (Å²) in [6.07, 6.45) is 1.88. The lowest BCUT2D eigenvalue weighted by atomic mass is 9.99. The number of hydrogen-bond donors (Lipinski definition) is 2. The zero-order valence-electron chi connectivity index (χ0n) is 14.8. The second-order valence-electron chi connectivity index (χ2n) is 6.32. The molecule has 0 saturated heterocycles. The van der Waals surface area contributed by atoms with Gasteiger partial charge in [-0.3, -0.25) is 9.59 Å². The Kier molecular flexibility index (Phi) is 5.03. The topological polar surface area (TPSA) is 89.2 Å². The third-order valence-electron chi connectivity index (χ3n) is 4.63. The zero-order valence-corrected chi connectivity index (χ0v) is 15.6. The average molecular weight is 393 g/mol. The van der Waals surface area contributed by atoms with Crippen LogP contribution in [0.15, 0.2) is 27.7 Å². The minimum absolute atomic E-state index is 0. The maximum absolute atomic E-state index is 14.8. The number of anilines is 1. The molecule has 0 bridgehead atoms. The van der Waals surface area contributed by atoms with Crippen LogP contribution < -0.4 is 16.2 Å². The normalized spacial score (nSPS) is 13.1. The van der Waals surface area contributed by atoms with Gasteiger partial charge in [-0.15, -0.1) is 12.4 Å². The van der Waals surface area contributed by atoms with Crippen LogP contribution in [-0.2, 0) is 20.0 Å². The van der Waals surface area contributed by atoms with E-state index in [0.717, 1.165) is 5.56 Å². The monoisotopic (exact) mass is 392 g/mol. The number of carbonyl (C=O) groups is 1. The van der Waals surface area contributed by atoms with Gasteiger partial charge in [0.25, 0.3) is 11.5 Å². The minimum Gasteiger partial charge on any atom is -0.442 e. The first-order valence-electron chi connectivity index (χ1n) is 8.24. The van der Waals surface area contributed by atoms with Crippen LogP contribution in [0.2, 0.25) is 0 Å². The fourth-order valence-electron chi connectivity index (χ4n) is 3.28. The van der Waals surface area contributed by atoms with Crippen molar-refractivity contribution < 1.29 is 13.6 Å². The molecule has 0 radical (unpaired) electrons. The molecule has 0 fully saturated rings. The van der Waals surface area contributed by atoms with E-state index < -0.39 is 17.3 Å². The van der Waals surface area contributed by atoms with Crippen LogP contribution in [0, 0.1) is 12.7 Å². The molecule has 7 nitrogen and oxygen atoms in total. The van der Waals surface area contributed by atoms with E-state index in [4.69, 9.17) is 4.42 Å². The fraction of sp³-hybridized carbons (Fsp3) is 0.278. The predicted molar refractivity (Wildman–Crippen MR) is 101 cm³/mol. The Morgan fingerprint density at radius 3 is 2.96 bits per heavy atom. The molecule has 0 spiro atoms. The first-order chi connectivity index (χ1) is 12.5. The summed E-state index contributed by atoms with van der Waals surface area (Å²) >= 11 is 0. The molecule has 0 aliphatic carbocycles. The molecule has 4 rings (SSSR count). The van der Waals surface area contributed by atoms with Crippen LogP contribution in [-0.4, -0.2) is 22.0 Å². The standard InChI is InChI=1S/C18H17FN4O3.ClH/c1-9-13(14-17(26-9)21-8-23(2)18(14)25)16(24)22-12-4-3-10-7-20-6-5-11(10)15(12)19;/h3-4,8,20H,5-7H2,1-2H3,(H,22,24);1H. The van der Waals surface area contributed by atoms with Crippen LogP contribution in [0.5, 0.6) is 0 Å². The smallest absolute Gasteiger partial charge is 0.265 e. The van der Waals surface area contributed by atoms with Crippen LogP contribution in [0.1, 0.15) is 27.2 Å². The van der Waals surface area contributed by atoms with Gasteiger partial charge in [0.2, 0.25) is 5.71 Å². The molecule has 1 aromatic carbocycles. The molecular formula is C18H18ClFN4O3. The van der Waals surface area contributed by atoms with Crippen molar-refractivity contribution in [3.8, 4) is 0 Å². The molecule has 9 heteroatoms. The molecule has 3 aromatic rings. The van der Waals surface area contributed by atoms with Crippen molar-refractivity contribution in [2.45, 2.75) is 19.9 Å². The summed E-state index contributed by atoms with van der Waals surface area (Å²) in [5.41, 5.74) is 1.35. The Balaban J connectivity index is 0.00000210. The number of aryl methyl sites for hydroxylation is 2. The Morgan fingerprint density at radius 1 is 1.41 bits per heavy atom. The van der Waals surface area contributed by atoms with Crippen molar-refractivity contribution in [1.82, 2.24) is 14.9 Å². The van der Waals surface area contributed by atoms with Crippen molar-refractivity contribution in [2.75, 3.05) is 11.9 Å². The lowest BCUT2D eigenvalue weighted by Gasteiger charge is -2.19. The van der Waals surface area contributed by atoms with Gasteiger partial charge in [-0.1, -0.05) is 6.07 Å². The van der Waals surface area contributed by atoms with Crippen molar-refractivity contribution in [3.05, 3.63) is 57.1 Å². The first kappa shape index (κ1) is 19.1. The summed E-state index contributed by atoms with van der Waals surface area (Å²) in [5.74, 6) is -0.774.